The van der Waals surface area contributed by atoms with Crippen molar-refractivity contribution in [3.05, 3.63) is 205 Å². The average molecular weight is 1060 g/mol. The van der Waals surface area contributed by atoms with Crippen molar-refractivity contribution < 1.29 is 25.8 Å². The predicted molar refractivity (Wildman–Crippen MR) is 276 cm³/mol. The van der Waals surface area contributed by atoms with Crippen LogP contribution in [0.25, 0.3) is 72.1 Å². The number of nitrogens with zero attached hydrogens (tertiary/aromatic N) is 4. The quantitative estimate of drug-likeness (QED) is 0.127. The van der Waals surface area contributed by atoms with Crippen molar-refractivity contribution in [1.82, 2.24) is 18.7 Å². The molecule has 0 aliphatic carbocycles. The number of hydrogen-bond acceptors (Lipinski definition) is 2. The zero-order valence-corrected chi connectivity index (χ0v) is 41.1. The predicted octanol–water partition coefficient (Wildman–Crippen LogP) is 16.0. The Balaban J connectivity index is 0.00000507. The van der Waals surface area contributed by atoms with Gasteiger partial charge in [0.05, 0.1) is 16.7 Å². The molecule has 0 amide bonds. The van der Waals surface area contributed by atoms with Gasteiger partial charge in [0.1, 0.15) is 11.5 Å². The monoisotopic (exact) mass is 1060 g/mol. The van der Waals surface area contributed by atoms with Gasteiger partial charge in [-0.1, -0.05) is 167 Å². The van der Waals surface area contributed by atoms with E-state index in [0.29, 0.717) is 11.5 Å². The fourth-order valence-corrected chi connectivity index (χ4v) is 9.93. The Labute approximate surface area is 412 Å². The second kappa shape index (κ2) is 16.4. The fourth-order valence-electron chi connectivity index (χ4n) is 9.93. The normalized spacial score (nSPS) is 12.7. The van der Waals surface area contributed by atoms with E-state index in [2.05, 4.69) is 231 Å². The Bertz CT molecular complexity index is 3740. The summed E-state index contributed by atoms with van der Waals surface area (Å²) in [6.07, 6.45) is 1.90. The molecule has 0 fully saturated rings. The molecule has 330 valence electrons. The minimum atomic E-state index is -0.0340. The van der Waals surface area contributed by atoms with Crippen LogP contribution in [0.5, 0.6) is 11.5 Å². The van der Waals surface area contributed by atoms with Crippen LogP contribution in [0, 0.1) is 12.1 Å². The summed E-state index contributed by atoms with van der Waals surface area (Å²) in [7, 11) is 0. The van der Waals surface area contributed by atoms with Gasteiger partial charge in [-0.25, -0.2) is 4.98 Å². The van der Waals surface area contributed by atoms with Crippen LogP contribution in [0.3, 0.4) is 0 Å². The Morgan fingerprint density at radius 2 is 1.09 bits per heavy atom. The molecule has 5 nitrogen and oxygen atoms in total. The summed E-state index contributed by atoms with van der Waals surface area (Å²) in [4.78, 5) is 4.88. The molecule has 4 heterocycles. The molecule has 6 heteroatoms. The Kier molecular flexibility index (Phi) is 10.4. The molecule has 68 heavy (non-hydrogen) atoms. The number of pyridine rings is 1. The number of hydrogen-bond donors (Lipinski definition) is 0. The number of rotatable bonds is 5. The van der Waals surface area contributed by atoms with Crippen LogP contribution < -0.4 is 13.9 Å². The van der Waals surface area contributed by atoms with E-state index >= 15 is 0 Å². The van der Waals surface area contributed by atoms with Gasteiger partial charge >= 0.3 is 32.8 Å². The van der Waals surface area contributed by atoms with Crippen LogP contribution in [0.1, 0.15) is 52.7 Å². The summed E-state index contributed by atoms with van der Waals surface area (Å²) >= 11 is 0. The number of fused-ring (bicyclic) bond motifs is 10. The van der Waals surface area contributed by atoms with E-state index in [1.54, 1.807) is 0 Å². The zero-order chi connectivity index (χ0) is 45.6. The second-order valence-corrected chi connectivity index (χ2v) is 19.7. The van der Waals surface area contributed by atoms with Crippen molar-refractivity contribution >= 4 is 50.6 Å². The van der Waals surface area contributed by atoms with E-state index in [9.17, 15) is 0 Å². The summed E-state index contributed by atoms with van der Waals surface area (Å²) in [5.74, 6) is 2.01. The maximum atomic E-state index is 6.73. The van der Waals surface area contributed by atoms with Crippen molar-refractivity contribution in [3.63, 3.8) is 0 Å². The molecule has 0 bridgehead atoms. The van der Waals surface area contributed by atoms with E-state index in [4.69, 9.17) is 9.72 Å². The molecule has 2 aromatic heterocycles. The topological polar surface area (TPSA) is 33.1 Å². The van der Waals surface area contributed by atoms with Gasteiger partial charge in [-0.05, 0) is 96.1 Å². The van der Waals surface area contributed by atoms with Gasteiger partial charge < -0.3 is 9.30 Å². The first-order valence-corrected chi connectivity index (χ1v) is 23.0. The van der Waals surface area contributed by atoms with E-state index < -0.39 is 0 Å². The summed E-state index contributed by atoms with van der Waals surface area (Å²) in [6.45, 7) is 13.5. The van der Waals surface area contributed by atoms with Gasteiger partial charge in [0.2, 0.25) is 5.69 Å². The SMILES string of the molecule is CC(C)(C)c1cccc(-c2cccc3c2[N+]2=C=[N+](c4[c-]c(Oc5[c-]c6c(cc5)c5ccccc5n6-c5cc(C(C)(C)C)ccn5)ccc4)c4cccc(c42)-c2ccccc2-c2ccccc2-3)c1.[Pt+2]. The summed E-state index contributed by atoms with van der Waals surface area (Å²) in [6, 6.07) is 74.1. The van der Waals surface area contributed by atoms with Crippen molar-refractivity contribution in [2.45, 2.75) is 52.4 Å². The molecule has 10 aromatic rings. The Morgan fingerprint density at radius 3 is 1.82 bits per heavy atom. The molecular formula is C62H48N4OPt+2. The van der Waals surface area contributed by atoms with Crippen LogP contribution in [0.2, 0.25) is 0 Å². The van der Waals surface area contributed by atoms with Gasteiger partial charge in [-0.2, -0.15) is 12.1 Å². The molecule has 0 radical (unpaired) electrons. The van der Waals surface area contributed by atoms with Crippen LogP contribution in [0.4, 0.5) is 22.7 Å². The molecule has 0 unspecified atom stereocenters. The Hall–Kier alpha value is -7.42. The molecule has 2 aliphatic rings. The van der Waals surface area contributed by atoms with E-state index in [0.717, 1.165) is 78.2 Å². The molecule has 0 atom stereocenters. The summed E-state index contributed by atoms with van der Waals surface area (Å²) < 4.78 is 13.4. The first-order valence-electron chi connectivity index (χ1n) is 23.0. The zero-order valence-electron chi connectivity index (χ0n) is 38.8. The molecule has 0 saturated heterocycles. The minimum absolute atomic E-state index is 0. The molecule has 0 saturated carbocycles. The number of para-hydroxylation sites is 3. The fraction of sp³-hybridized carbons (Fsp3) is 0.129. The van der Waals surface area contributed by atoms with Gasteiger partial charge in [-0.15, -0.1) is 23.6 Å². The average Bonchev–Trinajstić information content (AvgIpc) is 3.90. The van der Waals surface area contributed by atoms with Crippen LogP contribution in [-0.2, 0) is 31.9 Å². The largest absolute Gasteiger partial charge is 2.00 e. The van der Waals surface area contributed by atoms with Gasteiger partial charge in [0.15, 0.2) is 0 Å². The van der Waals surface area contributed by atoms with Crippen LogP contribution in [-0.4, -0.2) is 15.6 Å². The maximum Gasteiger partial charge on any atom is 2.00 e. The van der Waals surface area contributed by atoms with Crippen LogP contribution in [0.15, 0.2) is 182 Å². The van der Waals surface area contributed by atoms with E-state index in [-0.39, 0.29) is 31.9 Å². The van der Waals surface area contributed by atoms with Crippen molar-refractivity contribution in [2.24, 2.45) is 0 Å². The third kappa shape index (κ3) is 7.17. The second-order valence-electron chi connectivity index (χ2n) is 19.7. The van der Waals surface area contributed by atoms with Crippen molar-refractivity contribution in [3.8, 4) is 61.8 Å². The molecule has 8 aromatic carbocycles. The van der Waals surface area contributed by atoms with E-state index in [1.807, 2.05) is 24.4 Å². The van der Waals surface area contributed by atoms with Gasteiger partial charge in [0.25, 0.3) is 5.69 Å². The van der Waals surface area contributed by atoms with Crippen molar-refractivity contribution in [2.75, 3.05) is 0 Å². The first kappa shape index (κ1) is 43.2. The van der Waals surface area contributed by atoms with Gasteiger partial charge in [-0.3, -0.25) is 0 Å². The smallest absolute Gasteiger partial charge is 0.509 e. The summed E-state index contributed by atoms with van der Waals surface area (Å²) in [5, 5.41) is 2.22. The summed E-state index contributed by atoms with van der Waals surface area (Å²) in [5.41, 5.74) is 17.6. The van der Waals surface area contributed by atoms with E-state index in [1.165, 1.54) is 27.8 Å². The standard InChI is InChI=1S/C62H48N4O.Pt/c1-61(2,3)41-18-13-17-40(35-41)46-26-15-27-53-49-23-9-7-21-47(49)48-22-8-10-24-50(48)54-28-16-30-56-60(54)65(59(46)53)39-64(56)43-19-14-20-44(37-43)67-45-31-32-52-51-25-11-12-29-55(51)66(57(52)38-45)58-36-42(33-34-63-58)62(4,5)6;/h7-36H,1-6H3;/q;+2. The third-order valence-electron chi connectivity index (χ3n) is 13.3. The molecule has 2 aliphatic heterocycles. The third-order valence-corrected chi connectivity index (χ3v) is 13.3. The number of benzene rings is 8. The van der Waals surface area contributed by atoms with Crippen LogP contribution >= 0.6 is 0 Å². The van der Waals surface area contributed by atoms with Crippen molar-refractivity contribution in [1.29, 1.82) is 0 Å². The Morgan fingerprint density at radius 1 is 0.500 bits per heavy atom. The van der Waals surface area contributed by atoms with Gasteiger partial charge in [0, 0.05) is 29.3 Å². The minimum Gasteiger partial charge on any atom is -0.509 e. The molecular weight excluding hydrogens is 1010 g/mol. The number of aromatic nitrogens is 2. The first-order chi connectivity index (χ1) is 32.5. The molecule has 0 N–H and O–H groups in total. The molecule has 0 spiro atoms. The molecule has 12 rings (SSSR count). The maximum absolute atomic E-state index is 6.73. The number of ether oxygens (including phenoxy) is 1.